The van der Waals surface area contributed by atoms with Gasteiger partial charge in [0.05, 0.1) is 10.7 Å². The zero-order valence-electron chi connectivity index (χ0n) is 16.5. The molecule has 0 fully saturated rings. The van der Waals surface area contributed by atoms with E-state index in [1.165, 1.54) is 6.07 Å². The second kappa shape index (κ2) is 9.03. The van der Waals surface area contributed by atoms with E-state index < -0.39 is 10.0 Å². The Morgan fingerprint density at radius 1 is 1.23 bits per heavy atom. The van der Waals surface area contributed by atoms with E-state index in [-0.39, 0.29) is 10.1 Å². The van der Waals surface area contributed by atoms with Gasteiger partial charge < -0.3 is 9.84 Å². The van der Waals surface area contributed by atoms with Crippen LogP contribution in [-0.4, -0.2) is 19.5 Å². The van der Waals surface area contributed by atoms with Crippen LogP contribution in [0.1, 0.15) is 35.2 Å². The fourth-order valence-corrected chi connectivity index (χ4v) is 5.15. The summed E-state index contributed by atoms with van der Waals surface area (Å²) in [5.41, 5.74) is 2.31. The van der Waals surface area contributed by atoms with E-state index in [1.54, 1.807) is 50.3 Å². The predicted octanol–water partition coefficient (Wildman–Crippen LogP) is 5.33. The number of rotatable bonds is 7. The molecule has 10 heteroatoms. The molecule has 0 unspecified atom stereocenters. The Hall–Kier alpha value is -2.62. The summed E-state index contributed by atoms with van der Waals surface area (Å²) < 4.78 is 33.3. The number of carbonyl (C=O) groups excluding carboxylic acids is 1. The summed E-state index contributed by atoms with van der Waals surface area (Å²) in [7, 11) is -3.78. The molecule has 0 saturated heterocycles. The third-order valence-corrected chi connectivity index (χ3v) is 7.33. The van der Waals surface area contributed by atoms with Gasteiger partial charge in [0.2, 0.25) is 5.91 Å². The average Bonchev–Trinajstić information content (AvgIpc) is 3.30. The van der Waals surface area contributed by atoms with Gasteiger partial charge in [-0.15, -0.1) is 11.3 Å². The summed E-state index contributed by atoms with van der Waals surface area (Å²) in [5, 5.41) is 6.95. The lowest BCUT2D eigenvalue weighted by atomic mass is 10.2. The minimum absolute atomic E-state index is 0.145. The molecule has 0 saturated carbocycles. The topological polar surface area (TPSA) is 101 Å². The first-order valence-electron chi connectivity index (χ1n) is 9.02. The van der Waals surface area contributed by atoms with Crippen molar-refractivity contribution in [2.24, 2.45) is 0 Å². The normalized spacial score (nSPS) is 11.7. The third kappa shape index (κ3) is 5.10. The monoisotopic (exact) mass is 465 g/mol. The van der Waals surface area contributed by atoms with Crippen LogP contribution in [0.15, 0.2) is 39.1 Å². The standard InChI is InChI=1S/C20H20ClN3O4S2/c1-4-18(25)22-20-13(3)23-28-17(20)9-6-14-7-10-19(29-14)30(26,27)24-16-8-5-12(2)11-15(16)21/h5-11,24H,4H2,1-3H3,(H,22,25)/b9-6+. The number of hydrogen-bond donors (Lipinski definition) is 2. The third-order valence-electron chi connectivity index (χ3n) is 4.11. The number of halogens is 1. The molecule has 2 heterocycles. The van der Waals surface area contributed by atoms with Crippen molar-refractivity contribution in [3.05, 3.63) is 57.2 Å². The number of hydrogen-bond acceptors (Lipinski definition) is 6. The number of anilines is 2. The molecular formula is C20H20ClN3O4S2. The minimum atomic E-state index is -3.78. The summed E-state index contributed by atoms with van der Waals surface area (Å²) in [6, 6.07) is 8.29. The number of aryl methyl sites for hydroxylation is 2. The van der Waals surface area contributed by atoms with Crippen molar-refractivity contribution in [2.45, 2.75) is 31.4 Å². The van der Waals surface area contributed by atoms with E-state index >= 15 is 0 Å². The highest BCUT2D eigenvalue weighted by atomic mass is 35.5. The van der Waals surface area contributed by atoms with Crippen LogP contribution >= 0.6 is 22.9 Å². The number of nitrogens with one attached hydrogen (secondary N) is 2. The van der Waals surface area contributed by atoms with Crippen molar-refractivity contribution in [1.82, 2.24) is 5.16 Å². The van der Waals surface area contributed by atoms with Gasteiger partial charge in [-0.3, -0.25) is 9.52 Å². The maximum Gasteiger partial charge on any atom is 0.271 e. The number of aromatic nitrogens is 1. The SMILES string of the molecule is CCC(=O)Nc1c(C)noc1/C=C/c1ccc(S(=O)(=O)Nc2ccc(C)cc2Cl)s1. The number of thiophene rings is 1. The fraction of sp³-hybridized carbons (Fsp3) is 0.200. The maximum atomic E-state index is 12.7. The summed E-state index contributed by atoms with van der Waals surface area (Å²) in [6.07, 6.45) is 3.67. The van der Waals surface area contributed by atoms with Gasteiger partial charge in [-0.1, -0.05) is 29.7 Å². The van der Waals surface area contributed by atoms with Crippen LogP contribution in [0.2, 0.25) is 5.02 Å². The molecule has 1 aromatic carbocycles. The Bertz CT molecular complexity index is 1210. The Morgan fingerprint density at radius 2 is 2.00 bits per heavy atom. The molecule has 0 atom stereocenters. The molecule has 158 valence electrons. The van der Waals surface area contributed by atoms with Crippen LogP contribution in [-0.2, 0) is 14.8 Å². The van der Waals surface area contributed by atoms with E-state index in [0.717, 1.165) is 16.9 Å². The highest BCUT2D eigenvalue weighted by Crippen LogP contribution is 2.30. The Balaban J connectivity index is 1.79. The molecule has 3 rings (SSSR count). The molecule has 30 heavy (non-hydrogen) atoms. The van der Waals surface area contributed by atoms with E-state index in [4.69, 9.17) is 16.1 Å². The Morgan fingerprint density at radius 3 is 2.70 bits per heavy atom. The second-order valence-electron chi connectivity index (χ2n) is 6.49. The Labute approximate surface area is 183 Å². The van der Waals surface area contributed by atoms with E-state index in [1.807, 2.05) is 6.92 Å². The summed E-state index contributed by atoms with van der Waals surface area (Å²) >= 11 is 7.22. The van der Waals surface area contributed by atoms with Crippen LogP contribution in [0.4, 0.5) is 11.4 Å². The molecule has 2 aromatic heterocycles. The van der Waals surface area contributed by atoms with E-state index in [9.17, 15) is 13.2 Å². The van der Waals surface area contributed by atoms with Crippen LogP contribution in [0, 0.1) is 13.8 Å². The second-order valence-corrected chi connectivity index (χ2v) is 9.92. The molecule has 0 bridgehead atoms. The first-order chi connectivity index (χ1) is 14.2. The number of nitrogens with zero attached hydrogens (tertiary/aromatic N) is 1. The number of carbonyl (C=O) groups is 1. The molecule has 0 aliphatic carbocycles. The molecule has 0 aliphatic heterocycles. The van der Waals surface area contributed by atoms with Crippen LogP contribution in [0.3, 0.4) is 0 Å². The van der Waals surface area contributed by atoms with Crippen molar-refractivity contribution in [3.8, 4) is 0 Å². The lowest BCUT2D eigenvalue weighted by Crippen LogP contribution is -2.11. The Kier molecular flexibility index (Phi) is 6.64. The lowest BCUT2D eigenvalue weighted by Gasteiger charge is -2.08. The van der Waals surface area contributed by atoms with E-state index in [2.05, 4.69) is 15.2 Å². The number of benzene rings is 1. The predicted molar refractivity (Wildman–Crippen MR) is 120 cm³/mol. The van der Waals surface area contributed by atoms with Gasteiger partial charge in [-0.25, -0.2) is 8.42 Å². The maximum absolute atomic E-state index is 12.7. The van der Waals surface area contributed by atoms with Gasteiger partial charge >= 0.3 is 0 Å². The molecule has 1 amide bonds. The van der Waals surface area contributed by atoms with E-state index in [0.29, 0.717) is 39.1 Å². The van der Waals surface area contributed by atoms with Gasteiger partial charge in [-0.05, 0) is 55.8 Å². The zero-order valence-corrected chi connectivity index (χ0v) is 18.9. The van der Waals surface area contributed by atoms with Crippen molar-refractivity contribution >= 4 is 62.4 Å². The van der Waals surface area contributed by atoms with Gasteiger partial charge in [0, 0.05) is 11.3 Å². The molecule has 3 aromatic rings. The lowest BCUT2D eigenvalue weighted by molar-refractivity contribution is -0.115. The van der Waals surface area contributed by atoms with Gasteiger partial charge in [0.15, 0.2) is 5.76 Å². The largest absolute Gasteiger partial charge is 0.354 e. The van der Waals surface area contributed by atoms with Crippen molar-refractivity contribution in [3.63, 3.8) is 0 Å². The summed E-state index contributed by atoms with van der Waals surface area (Å²) in [5.74, 6) is 0.234. The summed E-state index contributed by atoms with van der Waals surface area (Å²) in [6.45, 7) is 5.35. The molecule has 0 radical (unpaired) electrons. The molecule has 2 N–H and O–H groups in total. The van der Waals surface area contributed by atoms with Crippen LogP contribution < -0.4 is 10.0 Å². The first kappa shape index (κ1) is 22.1. The highest BCUT2D eigenvalue weighted by Gasteiger charge is 2.18. The first-order valence-corrected chi connectivity index (χ1v) is 11.7. The van der Waals surface area contributed by atoms with Crippen molar-refractivity contribution in [2.75, 3.05) is 10.0 Å². The number of amides is 1. The minimum Gasteiger partial charge on any atom is -0.354 e. The van der Waals surface area contributed by atoms with Crippen molar-refractivity contribution in [1.29, 1.82) is 0 Å². The highest BCUT2D eigenvalue weighted by molar-refractivity contribution is 7.94. The molecule has 7 nitrogen and oxygen atoms in total. The van der Waals surface area contributed by atoms with Gasteiger partial charge in [-0.2, -0.15) is 0 Å². The van der Waals surface area contributed by atoms with Crippen molar-refractivity contribution < 1.29 is 17.7 Å². The smallest absolute Gasteiger partial charge is 0.271 e. The fourth-order valence-electron chi connectivity index (χ4n) is 2.51. The van der Waals surface area contributed by atoms with Gasteiger partial charge in [0.25, 0.3) is 10.0 Å². The number of sulfonamides is 1. The van der Waals surface area contributed by atoms with Crippen LogP contribution in [0.5, 0.6) is 0 Å². The molecule has 0 aliphatic rings. The molecular weight excluding hydrogens is 446 g/mol. The average molecular weight is 466 g/mol. The molecule has 0 spiro atoms. The van der Waals surface area contributed by atoms with Crippen LogP contribution in [0.25, 0.3) is 12.2 Å². The van der Waals surface area contributed by atoms with Gasteiger partial charge in [0.1, 0.15) is 15.6 Å². The summed E-state index contributed by atoms with van der Waals surface area (Å²) in [4.78, 5) is 12.4. The quantitative estimate of drug-likeness (QED) is 0.491. The zero-order chi connectivity index (χ0) is 21.9.